The second kappa shape index (κ2) is 8.89. The molecular formula is C24H23BrN4O2. The average Bonchev–Trinajstić information content (AvgIpc) is 3.03. The maximum absolute atomic E-state index is 13.1. The summed E-state index contributed by atoms with van der Waals surface area (Å²) in [6, 6.07) is 17.7. The van der Waals surface area contributed by atoms with Gasteiger partial charge >= 0.3 is 0 Å². The van der Waals surface area contributed by atoms with Gasteiger partial charge in [-0.25, -0.2) is 4.98 Å². The highest BCUT2D eigenvalue weighted by molar-refractivity contribution is 9.10. The molecule has 0 aliphatic rings. The minimum Gasteiger partial charge on any atom is -0.352 e. The van der Waals surface area contributed by atoms with E-state index in [-0.39, 0.29) is 24.4 Å². The number of benzene rings is 2. The fourth-order valence-corrected chi connectivity index (χ4v) is 4.14. The number of carbonyl (C=O) groups is 1. The van der Waals surface area contributed by atoms with Crippen LogP contribution in [0.25, 0.3) is 16.7 Å². The standard InChI is InChI=1S/C24H23BrN4O2/c1-16-17(2)29(20-9-4-3-5-10-20)23-22(16)24(31)28(15-27-23)12-11-21(30)26-14-18-7-6-8-19(25)13-18/h3-10,13,15H,11-12,14H2,1-2H3,(H,26,30). The van der Waals surface area contributed by atoms with Crippen molar-refractivity contribution in [3.8, 4) is 5.69 Å². The quantitative estimate of drug-likeness (QED) is 0.449. The summed E-state index contributed by atoms with van der Waals surface area (Å²) in [4.78, 5) is 30.0. The van der Waals surface area contributed by atoms with Crippen LogP contribution in [0.15, 0.2) is 70.2 Å². The summed E-state index contributed by atoms with van der Waals surface area (Å²) in [5.74, 6) is -0.110. The first-order valence-corrected chi connectivity index (χ1v) is 10.9. The van der Waals surface area contributed by atoms with Crippen LogP contribution in [0.4, 0.5) is 0 Å². The Morgan fingerprint density at radius 3 is 2.61 bits per heavy atom. The number of hydrogen-bond donors (Lipinski definition) is 1. The number of carbonyl (C=O) groups excluding carboxylic acids is 1. The molecule has 158 valence electrons. The lowest BCUT2D eigenvalue weighted by Gasteiger charge is -2.09. The Morgan fingerprint density at radius 2 is 1.87 bits per heavy atom. The van der Waals surface area contributed by atoms with Gasteiger partial charge in [-0.2, -0.15) is 0 Å². The van der Waals surface area contributed by atoms with Crippen LogP contribution in [0, 0.1) is 13.8 Å². The first kappa shape index (κ1) is 21.1. The summed E-state index contributed by atoms with van der Waals surface area (Å²) < 4.78 is 4.49. The lowest BCUT2D eigenvalue weighted by Crippen LogP contribution is -2.27. The summed E-state index contributed by atoms with van der Waals surface area (Å²) in [6.07, 6.45) is 1.74. The molecule has 4 aromatic rings. The molecule has 0 aliphatic carbocycles. The zero-order chi connectivity index (χ0) is 22.0. The summed E-state index contributed by atoms with van der Waals surface area (Å²) in [7, 11) is 0. The largest absolute Gasteiger partial charge is 0.352 e. The molecule has 1 N–H and O–H groups in total. The Hall–Kier alpha value is -3.19. The number of aryl methyl sites for hydroxylation is 2. The van der Waals surface area contributed by atoms with Crippen molar-refractivity contribution in [2.75, 3.05) is 0 Å². The number of aromatic nitrogens is 3. The van der Waals surface area contributed by atoms with Crippen molar-refractivity contribution in [2.24, 2.45) is 0 Å². The van der Waals surface area contributed by atoms with Crippen molar-refractivity contribution in [2.45, 2.75) is 33.4 Å². The fourth-order valence-electron chi connectivity index (χ4n) is 3.70. The normalized spacial score (nSPS) is 11.1. The van der Waals surface area contributed by atoms with Crippen molar-refractivity contribution >= 4 is 32.9 Å². The number of fused-ring (bicyclic) bond motifs is 1. The van der Waals surface area contributed by atoms with Gasteiger partial charge in [-0.1, -0.05) is 46.3 Å². The molecule has 1 amide bonds. The van der Waals surface area contributed by atoms with Crippen molar-refractivity contribution in [1.29, 1.82) is 0 Å². The molecule has 0 aliphatic heterocycles. The number of halogens is 1. The lowest BCUT2D eigenvalue weighted by atomic mass is 10.2. The molecular weight excluding hydrogens is 456 g/mol. The van der Waals surface area contributed by atoms with Crippen LogP contribution < -0.4 is 10.9 Å². The predicted molar refractivity (Wildman–Crippen MR) is 125 cm³/mol. The topological polar surface area (TPSA) is 68.9 Å². The molecule has 0 saturated carbocycles. The molecule has 2 aromatic carbocycles. The van der Waals surface area contributed by atoms with Gasteiger partial charge < -0.3 is 5.32 Å². The summed E-state index contributed by atoms with van der Waals surface area (Å²) >= 11 is 3.43. The maximum atomic E-state index is 13.1. The molecule has 4 rings (SSSR count). The summed E-state index contributed by atoms with van der Waals surface area (Å²) in [6.45, 7) is 4.65. The van der Waals surface area contributed by atoms with Crippen molar-refractivity contribution in [1.82, 2.24) is 19.4 Å². The van der Waals surface area contributed by atoms with Crippen molar-refractivity contribution in [3.63, 3.8) is 0 Å². The minimum absolute atomic E-state index is 0.110. The molecule has 6 nitrogen and oxygen atoms in total. The highest BCUT2D eigenvalue weighted by atomic mass is 79.9. The van der Waals surface area contributed by atoms with Gasteiger partial charge in [-0.3, -0.25) is 18.7 Å². The van der Waals surface area contributed by atoms with E-state index in [0.29, 0.717) is 17.6 Å². The van der Waals surface area contributed by atoms with E-state index in [1.165, 1.54) is 10.9 Å². The van der Waals surface area contributed by atoms with Gasteiger partial charge in [0.25, 0.3) is 5.56 Å². The van der Waals surface area contributed by atoms with E-state index >= 15 is 0 Å². The van der Waals surface area contributed by atoms with Gasteiger partial charge in [0.05, 0.1) is 11.7 Å². The molecule has 0 bridgehead atoms. The third-order valence-electron chi connectivity index (χ3n) is 5.46. The van der Waals surface area contributed by atoms with Crippen molar-refractivity contribution < 1.29 is 4.79 Å². The summed E-state index contributed by atoms with van der Waals surface area (Å²) in [5, 5.41) is 3.50. The number of hydrogen-bond acceptors (Lipinski definition) is 3. The lowest BCUT2D eigenvalue weighted by molar-refractivity contribution is -0.121. The van der Waals surface area contributed by atoms with E-state index in [0.717, 1.165) is 27.0 Å². The van der Waals surface area contributed by atoms with E-state index < -0.39 is 0 Å². The molecule has 0 unspecified atom stereocenters. The van der Waals surface area contributed by atoms with Gasteiger partial charge in [-0.15, -0.1) is 0 Å². The van der Waals surface area contributed by atoms with Crippen LogP contribution in [0.1, 0.15) is 23.2 Å². The molecule has 2 heterocycles. The van der Waals surface area contributed by atoms with E-state index in [9.17, 15) is 9.59 Å². The van der Waals surface area contributed by atoms with E-state index in [4.69, 9.17) is 0 Å². The first-order chi connectivity index (χ1) is 15.0. The third-order valence-corrected chi connectivity index (χ3v) is 5.95. The molecule has 2 aromatic heterocycles. The Morgan fingerprint density at radius 1 is 1.10 bits per heavy atom. The van der Waals surface area contributed by atoms with Crippen molar-refractivity contribution in [3.05, 3.63) is 92.6 Å². The Kier molecular flexibility index (Phi) is 6.04. The van der Waals surface area contributed by atoms with Gasteiger partial charge in [0.15, 0.2) is 5.65 Å². The number of para-hydroxylation sites is 1. The average molecular weight is 479 g/mol. The molecule has 0 spiro atoms. The molecule has 0 atom stereocenters. The monoisotopic (exact) mass is 478 g/mol. The minimum atomic E-state index is -0.125. The fraction of sp³-hybridized carbons (Fsp3) is 0.208. The molecule has 0 fully saturated rings. The van der Waals surface area contributed by atoms with Crippen LogP contribution in [0.2, 0.25) is 0 Å². The Balaban J connectivity index is 1.53. The van der Waals surface area contributed by atoms with Crippen LogP contribution >= 0.6 is 15.9 Å². The number of rotatable bonds is 6. The van der Waals surface area contributed by atoms with Gasteiger partial charge in [-0.05, 0) is 49.2 Å². The van der Waals surface area contributed by atoms with Crippen LogP contribution in [0.3, 0.4) is 0 Å². The Labute approximate surface area is 188 Å². The second-order valence-electron chi connectivity index (χ2n) is 7.48. The van der Waals surface area contributed by atoms with Gasteiger partial charge in [0.1, 0.15) is 0 Å². The highest BCUT2D eigenvalue weighted by Gasteiger charge is 2.18. The summed E-state index contributed by atoms with van der Waals surface area (Å²) in [5.41, 5.74) is 4.38. The first-order valence-electron chi connectivity index (χ1n) is 10.1. The van der Waals surface area contributed by atoms with E-state index in [1.807, 2.05) is 73.0 Å². The van der Waals surface area contributed by atoms with Crippen LogP contribution in [0.5, 0.6) is 0 Å². The zero-order valence-electron chi connectivity index (χ0n) is 17.4. The Bertz CT molecular complexity index is 1310. The maximum Gasteiger partial charge on any atom is 0.263 e. The number of amides is 1. The van der Waals surface area contributed by atoms with Crippen LogP contribution in [-0.2, 0) is 17.9 Å². The predicted octanol–water partition coefficient (Wildman–Crippen LogP) is 4.27. The smallest absolute Gasteiger partial charge is 0.263 e. The molecule has 0 saturated heterocycles. The number of nitrogens with zero attached hydrogens (tertiary/aromatic N) is 3. The molecule has 7 heteroatoms. The second-order valence-corrected chi connectivity index (χ2v) is 8.40. The molecule has 0 radical (unpaired) electrons. The SMILES string of the molecule is Cc1c(C)n(-c2ccccc2)c2ncn(CCC(=O)NCc3cccc(Br)c3)c(=O)c12. The number of nitrogens with one attached hydrogen (secondary N) is 1. The van der Waals surface area contributed by atoms with E-state index in [2.05, 4.69) is 26.2 Å². The van der Waals surface area contributed by atoms with Gasteiger partial charge in [0.2, 0.25) is 5.91 Å². The van der Waals surface area contributed by atoms with E-state index in [1.54, 1.807) is 0 Å². The molecule has 31 heavy (non-hydrogen) atoms. The zero-order valence-corrected chi connectivity index (χ0v) is 19.0. The van der Waals surface area contributed by atoms with Gasteiger partial charge in [0, 0.05) is 35.4 Å². The highest BCUT2D eigenvalue weighted by Crippen LogP contribution is 2.24. The third kappa shape index (κ3) is 4.32. The van der Waals surface area contributed by atoms with Crippen LogP contribution in [-0.4, -0.2) is 20.0 Å².